The van der Waals surface area contributed by atoms with Gasteiger partial charge in [-0.3, -0.25) is 4.79 Å². The van der Waals surface area contributed by atoms with Crippen molar-refractivity contribution in [3.05, 3.63) is 90.1 Å². The standard InChI is InChI=1S/C28H25F3N4O2/c1-37-25-12-5-4-11-24(25)34-13-15-35(16-14-34)26-22-10-3-2-9-21(22)23(18-32-26)27(36)33-20-8-6-7-19(17-20)28(29,30)31/h2-12,17-18H,13-16H2,1H3,(H,33,36). The number of hydrogen-bond donors (Lipinski definition) is 1. The van der Waals surface area contributed by atoms with Crippen molar-refractivity contribution in [3.63, 3.8) is 0 Å². The number of alkyl halides is 3. The van der Waals surface area contributed by atoms with Crippen LogP contribution in [0.3, 0.4) is 0 Å². The molecule has 3 aromatic carbocycles. The Morgan fingerprint density at radius 2 is 1.57 bits per heavy atom. The molecule has 2 heterocycles. The number of nitrogens with zero attached hydrogens (tertiary/aromatic N) is 3. The summed E-state index contributed by atoms with van der Waals surface area (Å²) < 4.78 is 44.7. The number of nitrogens with one attached hydrogen (secondary N) is 1. The van der Waals surface area contributed by atoms with Crippen molar-refractivity contribution < 1.29 is 22.7 Å². The molecular formula is C28H25F3N4O2. The van der Waals surface area contributed by atoms with Crippen LogP contribution in [-0.2, 0) is 6.18 Å². The predicted molar refractivity (Wildman–Crippen MR) is 139 cm³/mol. The molecule has 1 N–H and O–H groups in total. The van der Waals surface area contributed by atoms with E-state index in [4.69, 9.17) is 4.74 Å². The van der Waals surface area contributed by atoms with Gasteiger partial charge in [0, 0.05) is 43.4 Å². The van der Waals surface area contributed by atoms with Crippen LogP contribution in [0.4, 0.5) is 30.4 Å². The summed E-state index contributed by atoms with van der Waals surface area (Å²) >= 11 is 0. The van der Waals surface area contributed by atoms with Gasteiger partial charge in [-0.1, -0.05) is 42.5 Å². The summed E-state index contributed by atoms with van der Waals surface area (Å²) in [7, 11) is 1.66. The molecule has 37 heavy (non-hydrogen) atoms. The molecule has 1 aromatic heterocycles. The Morgan fingerprint density at radius 3 is 2.30 bits per heavy atom. The van der Waals surface area contributed by atoms with Gasteiger partial charge in [0.05, 0.1) is 23.9 Å². The maximum absolute atomic E-state index is 13.1. The number of methoxy groups -OCH3 is 1. The average Bonchev–Trinajstić information content (AvgIpc) is 2.92. The first-order valence-corrected chi connectivity index (χ1v) is 11.8. The fourth-order valence-corrected chi connectivity index (χ4v) is 4.63. The minimum atomic E-state index is -4.49. The lowest BCUT2D eigenvalue weighted by molar-refractivity contribution is -0.137. The lowest BCUT2D eigenvalue weighted by Crippen LogP contribution is -2.47. The number of para-hydroxylation sites is 2. The van der Waals surface area contributed by atoms with Crippen molar-refractivity contribution in [1.29, 1.82) is 0 Å². The van der Waals surface area contributed by atoms with Gasteiger partial charge >= 0.3 is 6.18 Å². The third kappa shape index (κ3) is 5.02. The van der Waals surface area contributed by atoms with Crippen LogP contribution < -0.4 is 19.9 Å². The number of hydrogen-bond acceptors (Lipinski definition) is 5. The molecule has 0 bridgehead atoms. The zero-order valence-electron chi connectivity index (χ0n) is 20.1. The Kier molecular flexibility index (Phi) is 6.60. The Labute approximate surface area is 212 Å². The first-order valence-electron chi connectivity index (χ1n) is 11.8. The molecule has 6 nitrogen and oxygen atoms in total. The van der Waals surface area contributed by atoms with E-state index in [0.717, 1.165) is 61.0 Å². The molecule has 9 heteroatoms. The van der Waals surface area contributed by atoms with Gasteiger partial charge in [-0.25, -0.2) is 4.98 Å². The fourth-order valence-electron chi connectivity index (χ4n) is 4.63. The molecular weight excluding hydrogens is 481 g/mol. The molecule has 190 valence electrons. The van der Waals surface area contributed by atoms with Gasteiger partial charge in [0.2, 0.25) is 0 Å². The smallest absolute Gasteiger partial charge is 0.416 e. The topological polar surface area (TPSA) is 57.7 Å². The Balaban J connectivity index is 1.38. The van der Waals surface area contributed by atoms with E-state index in [0.29, 0.717) is 10.9 Å². The first-order chi connectivity index (χ1) is 17.8. The molecule has 0 atom stereocenters. The number of carbonyl (C=O) groups is 1. The van der Waals surface area contributed by atoms with Crippen LogP contribution in [0.1, 0.15) is 15.9 Å². The van der Waals surface area contributed by atoms with E-state index >= 15 is 0 Å². The summed E-state index contributed by atoms with van der Waals surface area (Å²) in [5.41, 5.74) is 0.588. The summed E-state index contributed by atoms with van der Waals surface area (Å²) in [6.07, 6.45) is -3.00. The van der Waals surface area contributed by atoms with Gasteiger partial charge < -0.3 is 19.9 Å². The molecule has 1 aliphatic heterocycles. The molecule has 0 spiro atoms. The molecule has 1 aliphatic rings. The molecule has 5 rings (SSSR count). The molecule has 0 unspecified atom stereocenters. The number of fused-ring (bicyclic) bond motifs is 1. The van der Waals surface area contributed by atoms with Gasteiger partial charge in [-0.15, -0.1) is 0 Å². The van der Waals surface area contributed by atoms with Crippen molar-refractivity contribution in [2.45, 2.75) is 6.18 Å². The van der Waals surface area contributed by atoms with E-state index in [2.05, 4.69) is 20.1 Å². The Hall–Kier alpha value is -4.27. The monoisotopic (exact) mass is 506 g/mol. The Bertz CT molecular complexity index is 1430. The molecule has 1 amide bonds. The van der Waals surface area contributed by atoms with Gasteiger partial charge in [0.15, 0.2) is 0 Å². The van der Waals surface area contributed by atoms with Crippen molar-refractivity contribution in [2.24, 2.45) is 0 Å². The second-order valence-corrected chi connectivity index (χ2v) is 8.72. The highest BCUT2D eigenvalue weighted by Gasteiger charge is 2.30. The van der Waals surface area contributed by atoms with E-state index in [-0.39, 0.29) is 5.69 Å². The van der Waals surface area contributed by atoms with Crippen molar-refractivity contribution in [1.82, 2.24) is 4.98 Å². The molecule has 1 fully saturated rings. The highest BCUT2D eigenvalue weighted by atomic mass is 19.4. The zero-order valence-corrected chi connectivity index (χ0v) is 20.1. The van der Waals surface area contributed by atoms with E-state index < -0.39 is 17.6 Å². The number of halogens is 3. The van der Waals surface area contributed by atoms with Crippen molar-refractivity contribution in [2.75, 3.05) is 48.4 Å². The van der Waals surface area contributed by atoms with Crippen LogP contribution >= 0.6 is 0 Å². The quantitative estimate of drug-likeness (QED) is 0.369. The predicted octanol–water partition coefficient (Wildman–Crippen LogP) is 5.84. The molecule has 0 radical (unpaired) electrons. The third-order valence-corrected chi connectivity index (χ3v) is 6.47. The zero-order chi connectivity index (χ0) is 26.0. The number of benzene rings is 3. The summed E-state index contributed by atoms with van der Waals surface area (Å²) in [4.78, 5) is 22.2. The van der Waals surface area contributed by atoms with Gasteiger partial charge in [-0.05, 0) is 35.7 Å². The van der Waals surface area contributed by atoms with E-state index in [1.165, 1.54) is 18.3 Å². The number of pyridine rings is 1. The summed E-state index contributed by atoms with van der Waals surface area (Å²) in [5, 5.41) is 4.08. The average molecular weight is 507 g/mol. The van der Waals surface area contributed by atoms with Crippen LogP contribution in [0.15, 0.2) is 79.0 Å². The van der Waals surface area contributed by atoms with Gasteiger partial charge in [0.25, 0.3) is 5.91 Å². The van der Waals surface area contributed by atoms with Crippen molar-refractivity contribution >= 4 is 33.9 Å². The molecule has 0 saturated carbocycles. The van der Waals surface area contributed by atoms with Gasteiger partial charge in [0.1, 0.15) is 11.6 Å². The van der Waals surface area contributed by atoms with E-state index in [1.807, 2.05) is 48.5 Å². The van der Waals surface area contributed by atoms with Crippen LogP contribution in [0.25, 0.3) is 10.8 Å². The minimum absolute atomic E-state index is 0.0699. The number of aromatic nitrogens is 1. The second kappa shape index (κ2) is 10.0. The van der Waals surface area contributed by atoms with Crippen LogP contribution in [0.5, 0.6) is 5.75 Å². The number of rotatable bonds is 5. The summed E-state index contributed by atoms with van der Waals surface area (Å²) in [5.74, 6) is 1.08. The second-order valence-electron chi connectivity index (χ2n) is 8.72. The first kappa shape index (κ1) is 24.4. The third-order valence-electron chi connectivity index (χ3n) is 6.47. The normalized spacial score (nSPS) is 14.1. The van der Waals surface area contributed by atoms with Crippen LogP contribution in [0.2, 0.25) is 0 Å². The SMILES string of the molecule is COc1ccccc1N1CCN(c2ncc(C(=O)Nc3cccc(C(F)(F)F)c3)c3ccccc23)CC1. The fraction of sp³-hybridized carbons (Fsp3) is 0.214. The Morgan fingerprint density at radius 1 is 0.892 bits per heavy atom. The number of amides is 1. The van der Waals surface area contributed by atoms with Crippen molar-refractivity contribution in [3.8, 4) is 5.75 Å². The van der Waals surface area contributed by atoms with Crippen LogP contribution in [-0.4, -0.2) is 44.2 Å². The lowest BCUT2D eigenvalue weighted by atomic mass is 10.1. The summed E-state index contributed by atoms with van der Waals surface area (Å²) in [6, 6.07) is 19.9. The maximum atomic E-state index is 13.1. The summed E-state index contributed by atoms with van der Waals surface area (Å²) in [6.45, 7) is 3.00. The lowest BCUT2D eigenvalue weighted by Gasteiger charge is -2.37. The largest absolute Gasteiger partial charge is 0.495 e. The number of piperazine rings is 1. The molecule has 0 aliphatic carbocycles. The number of ether oxygens (including phenoxy) is 1. The molecule has 4 aromatic rings. The highest BCUT2D eigenvalue weighted by molar-refractivity contribution is 6.14. The van der Waals surface area contributed by atoms with E-state index in [9.17, 15) is 18.0 Å². The minimum Gasteiger partial charge on any atom is -0.495 e. The maximum Gasteiger partial charge on any atom is 0.416 e. The number of carbonyl (C=O) groups excluding carboxylic acids is 1. The van der Waals surface area contributed by atoms with Gasteiger partial charge in [-0.2, -0.15) is 13.2 Å². The highest BCUT2D eigenvalue weighted by Crippen LogP contribution is 2.33. The van der Waals surface area contributed by atoms with Crippen LogP contribution in [0, 0.1) is 0 Å². The number of anilines is 3. The molecule has 1 saturated heterocycles. The van der Waals surface area contributed by atoms with E-state index in [1.54, 1.807) is 7.11 Å².